The first-order valence-corrected chi connectivity index (χ1v) is 10.8. The number of hydrogen-bond acceptors (Lipinski definition) is 4. The van der Waals surface area contributed by atoms with Gasteiger partial charge in [0.1, 0.15) is 5.76 Å². The third kappa shape index (κ3) is 3.40. The molecule has 0 aliphatic carbocycles. The summed E-state index contributed by atoms with van der Waals surface area (Å²) in [6.07, 6.45) is 4.91. The highest BCUT2D eigenvalue weighted by Gasteiger charge is 2.47. The number of carbonyl (C=O) groups is 2. The number of nitrogens with one attached hydrogen (secondary N) is 1. The molecule has 0 bridgehead atoms. The lowest BCUT2D eigenvalue weighted by atomic mass is 9.96. The molecular formula is C27H23N3O3. The highest BCUT2D eigenvalue weighted by atomic mass is 16.3. The number of ketones is 1. The van der Waals surface area contributed by atoms with Gasteiger partial charge in [0.2, 0.25) is 0 Å². The molecule has 0 saturated carbocycles. The van der Waals surface area contributed by atoms with Gasteiger partial charge in [-0.3, -0.25) is 19.5 Å². The zero-order valence-corrected chi connectivity index (χ0v) is 18.3. The number of amides is 1. The fourth-order valence-electron chi connectivity index (χ4n) is 4.38. The van der Waals surface area contributed by atoms with E-state index in [9.17, 15) is 14.7 Å². The van der Waals surface area contributed by atoms with Crippen LogP contribution in [0.15, 0.2) is 84.8 Å². The van der Waals surface area contributed by atoms with Crippen molar-refractivity contribution >= 4 is 34.0 Å². The summed E-state index contributed by atoms with van der Waals surface area (Å²) in [4.78, 5) is 35.3. The molecule has 3 heterocycles. The summed E-state index contributed by atoms with van der Waals surface area (Å²) in [5.41, 5.74) is 3.72. The minimum absolute atomic E-state index is 0.0469. The Balaban J connectivity index is 1.71. The average molecular weight is 437 g/mol. The molecule has 2 aromatic carbocycles. The van der Waals surface area contributed by atoms with Crippen LogP contribution in [0.2, 0.25) is 0 Å². The minimum atomic E-state index is -0.794. The summed E-state index contributed by atoms with van der Waals surface area (Å²) in [5, 5.41) is 12.1. The van der Waals surface area contributed by atoms with Crippen LogP contribution in [-0.4, -0.2) is 26.8 Å². The van der Waals surface area contributed by atoms with Gasteiger partial charge in [0.15, 0.2) is 0 Å². The van der Waals surface area contributed by atoms with Gasteiger partial charge >= 0.3 is 0 Å². The van der Waals surface area contributed by atoms with Crippen molar-refractivity contribution in [1.82, 2.24) is 9.97 Å². The fourth-order valence-corrected chi connectivity index (χ4v) is 4.38. The molecule has 164 valence electrons. The summed E-state index contributed by atoms with van der Waals surface area (Å²) in [7, 11) is 0. The number of Topliss-reactive ketones (excluding diaryl/α,β-unsaturated/α-hetero) is 1. The molecule has 1 saturated heterocycles. The second-order valence-electron chi connectivity index (χ2n) is 8.45. The van der Waals surface area contributed by atoms with Crippen LogP contribution in [-0.2, 0) is 9.59 Å². The van der Waals surface area contributed by atoms with E-state index in [0.717, 1.165) is 16.5 Å². The van der Waals surface area contributed by atoms with Crippen molar-refractivity contribution in [2.24, 2.45) is 0 Å². The van der Waals surface area contributed by atoms with Crippen LogP contribution in [0.5, 0.6) is 0 Å². The number of carbonyl (C=O) groups excluding carboxylic acids is 2. The molecule has 1 unspecified atom stereocenters. The first-order chi connectivity index (χ1) is 16.0. The van der Waals surface area contributed by atoms with E-state index in [0.29, 0.717) is 22.7 Å². The van der Waals surface area contributed by atoms with Gasteiger partial charge in [0.05, 0.1) is 11.6 Å². The van der Waals surface area contributed by atoms with Crippen LogP contribution >= 0.6 is 0 Å². The highest BCUT2D eigenvalue weighted by molar-refractivity contribution is 6.51. The van der Waals surface area contributed by atoms with Gasteiger partial charge in [-0.25, -0.2) is 0 Å². The van der Waals surface area contributed by atoms with Crippen molar-refractivity contribution in [1.29, 1.82) is 0 Å². The topological polar surface area (TPSA) is 86.3 Å². The first-order valence-electron chi connectivity index (χ1n) is 10.8. The largest absolute Gasteiger partial charge is 0.507 e. The van der Waals surface area contributed by atoms with Crippen molar-refractivity contribution in [3.05, 3.63) is 102 Å². The smallest absolute Gasteiger partial charge is 0.300 e. The number of aliphatic hydroxyl groups is 1. The third-order valence-electron chi connectivity index (χ3n) is 6.13. The van der Waals surface area contributed by atoms with E-state index in [-0.39, 0.29) is 11.3 Å². The Bertz CT molecular complexity index is 1390. The van der Waals surface area contributed by atoms with Crippen LogP contribution in [0.1, 0.15) is 42.5 Å². The molecule has 6 nitrogen and oxygen atoms in total. The molecule has 1 amide bonds. The lowest BCUT2D eigenvalue weighted by Gasteiger charge is -2.25. The number of nitrogens with zero attached hydrogens (tertiary/aromatic N) is 2. The second kappa shape index (κ2) is 8.06. The quantitative estimate of drug-likeness (QED) is 0.257. The number of fused-ring (bicyclic) bond motifs is 1. The van der Waals surface area contributed by atoms with Crippen LogP contribution in [0.25, 0.3) is 16.7 Å². The summed E-state index contributed by atoms with van der Waals surface area (Å²) in [6, 6.07) is 17.9. The summed E-state index contributed by atoms with van der Waals surface area (Å²) < 4.78 is 0. The number of pyridine rings is 1. The molecule has 2 aromatic heterocycles. The van der Waals surface area contributed by atoms with Gasteiger partial charge in [-0.1, -0.05) is 50.2 Å². The van der Waals surface area contributed by atoms with Gasteiger partial charge < -0.3 is 10.1 Å². The lowest BCUT2D eigenvalue weighted by molar-refractivity contribution is -0.132. The molecule has 2 N–H and O–H groups in total. The summed E-state index contributed by atoms with van der Waals surface area (Å²) in [5.74, 6) is -1.27. The van der Waals surface area contributed by atoms with Crippen molar-refractivity contribution < 1.29 is 14.7 Å². The monoisotopic (exact) mass is 437 g/mol. The Morgan fingerprint density at radius 2 is 1.79 bits per heavy atom. The third-order valence-corrected chi connectivity index (χ3v) is 6.13. The van der Waals surface area contributed by atoms with Crippen LogP contribution < -0.4 is 4.90 Å². The molecule has 1 aliphatic rings. The number of H-pyrrole nitrogens is 1. The van der Waals surface area contributed by atoms with E-state index >= 15 is 0 Å². The van der Waals surface area contributed by atoms with Gasteiger partial charge in [-0.2, -0.15) is 0 Å². The van der Waals surface area contributed by atoms with E-state index in [2.05, 4.69) is 23.8 Å². The predicted molar refractivity (Wildman–Crippen MR) is 128 cm³/mol. The molecule has 1 fully saturated rings. The van der Waals surface area contributed by atoms with Crippen molar-refractivity contribution in [2.75, 3.05) is 4.90 Å². The van der Waals surface area contributed by atoms with Crippen LogP contribution in [0.3, 0.4) is 0 Å². The summed E-state index contributed by atoms with van der Waals surface area (Å²) >= 11 is 0. The number of rotatable bonds is 4. The van der Waals surface area contributed by atoms with E-state index in [1.54, 1.807) is 24.7 Å². The number of aliphatic hydroxyl groups excluding tert-OH is 1. The number of para-hydroxylation sites is 1. The molecule has 4 aromatic rings. The van der Waals surface area contributed by atoms with Crippen LogP contribution in [0, 0.1) is 0 Å². The van der Waals surface area contributed by atoms with Gasteiger partial charge in [0, 0.05) is 40.7 Å². The number of anilines is 1. The maximum absolute atomic E-state index is 13.3. The van der Waals surface area contributed by atoms with Gasteiger partial charge in [-0.15, -0.1) is 0 Å². The van der Waals surface area contributed by atoms with E-state index < -0.39 is 17.7 Å². The highest BCUT2D eigenvalue weighted by Crippen LogP contribution is 2.42. The van der Waals surface area contributed by atoms with Gasteiger partial charge in [0.25, 0.3) is 11.7 Å². The Hall–Kier alpha value is -4.19. The van der Waals surface area contributed by atoms with Crippen molar-refractivity contribution in [3.63, 3.8) is 0 Å². The number of hydrogen-bond donors (Lipinski definition) is 2. The normalized spacial score (nSPS) is 17.9. The van der Waals surface area contributed by atoms with Gasteiger partial charge in [-0.05, 0) is 41.3 Å². The molecule has 0 spiro atoms. The minimum Gasteiger partial charge on any atom is -0.507 e. The number of aromatic amines is 1. The predicted octanol–water partition coefficient (Wildman–Crippen LogP) is 5.31. The molecule has 1 atom stereocenters. The zero-order chi connectivity index (χ0) is 23.1. The average Bonchev–Trinajstić information content (AvgIpc) is 3.38. The van der Waals surface area contributed by atoms with Crippen molar-refractivity contribution in [3.8, 4) is 0 Å². The van der Waals surface area contributed by atoms with E-state index in [1.165, 1.54) is 4.90 Å². The lowest BCUT2D eigenvalue weighted by Crippen LogP contribution is -2.29. The Labute approximate surface area is 191 Å². The Morgan fingerprint density at radius 3 is 2.48 bits per heavy atom. The van der Waals surface area contributed by atoms with E-state index in [4.69, 9.17) is 0 Å². The second-order valence-corrected chi connectivity index (χ2v) is 8.45. The first kappa shape index (κ1) is 20.7. The molecule has 6 heteroatoms. The number of aromatic nitrogens is 2. The fraction of sp³-hybridized carbons (Fsp3) is 0.148. The molecule has 5 rings (SSSR count). The molecule has 1 aliphatic heterocycles. The van der Waals surface area contributed by atoms with E-state index in [1.807, 2.05) is 54.6 Å². The number of benzene rings is 2. The summed E-state index contributed by atoms with van der Waals surface area (Å²) in [6.45, 7) is 4.19. The Morgan fingerprint density at radius 1 is 1.03 bits per heavy atom. The maximum atomic E-state index is 13.3. The SMILES string of the molecule is CC(C)c1ccc(N2C(=O)C(=O)/C(=C(\O)c3c[nH]c4ccccc34)C2c2cccnc2)cc1. The zero-order valence-electron chi connectivity index (χ0n) is 18.3. The van der Waals surface area contributed by atoms with Crippen LogP contribution in [0.4, 0.5) is 5.69 Å². The van der Waals surface area contributed by atoms with Crippen molar-refractivity contribution in [2.45, 2.75) is 25.8 Å². The molecular weight excluding hydrogens is 414 g/mol. The molecule has 33 heavy (non-hydrogen) atoms. The molecule has 0 radical (unpaired) electrons. The Kier molecular flexibility index (Phi) is 5.05. The maximum Gasteiger partial charge on any atom is 0.300 e. The standard InChI is InChI=1S/C27H23N3O3/c1-16(2)17-9-11-19(12-10-17)30-24(18-6-5-13-28-14-18)23(26(32)27(30)33)25(31)21-15-29-22-8-4-3-7-20(21)22/h3-16,24,29,31H,1-2H3/b25-23-.